The van der Waals surface area contributed by atoms with Gasteiger partial charge in [-0.1, -0.05) is 57.4 Å². The summed E-state index contributed by atoms with van der Waals surface area (Å²) in [6.07, 6.45) is 11.9. The van der Waals surface area contributed by atoms with E-state index >= 15 is 0 Å². The van der Waals surface area contributed by atoms with Crippen LogP contribution in [0.15, 0.2) is 22.8 Å². The Labute approximate surface area is 191 Å². The lowest BCUT2D eigenvalue weighted by molar-refractivity contribution is -0.130. The number of carbonyl (C=O) groups is 1. The molecule has 31 heavy (non-hydrogen) atoms. The molecule has 0 heterocycles. The molecule has 2 heteroatoms. The summed E-state index contributed by atoms with van der Waals surface area (Å²) in [6.45, 7) is 16.4. The predicted molar refractivity (Wildman–Crippen MR) is 129 cm³/mol. The van der Waals surface area contributed by atoms with Gasteiger partial charge in [-0.15, -0.1) is 0 Å². The van der Waals surface area contributed by atoms with Crippen LogP contribution < -0.4 is 0 Å². The molecule has 0 bridgehead atoms. The second-order valence-corrected chi connectivity index (χ2v) is 12.6. The molecular formula is C29H46O2. The molecule has 0 aromatic heterocycles. The summed E-state index contributed by atoms with van der Waals surface area (Å²) in [7, 11) is 0. The number of carbonyl (C=O) groups excluding carboxylic acids is 1. The van der Waals surface area contributed by atoms with Crippen molar-refractivity contribution in [3.05, 3.63) is 22.8 Å². The van der Waals surface area contributed by atoms with Crippen LogP contribution in [0.3, 0.4) is 0 Å². The molecule has 2 fully saturated rings. The van der Waals surface area contributed by atoms with Crippen molar-refractivity contribution in [3.63, 3.8) is 0 Å². The van der Waals surface area contributed by atoms with Crippen LogP contribution in [0.2, 0.25) is 0 Å². The number of hydrogen-bond acceptors (Lipinski definition) is 2. The average molecular weight is 427 g/mol. The molecule has 4 aliphatic rings. The first kappa shape index (κ1) is 23.3. The fourth-order valence-corrected chi connectivity index (χ4v) is 8.84. The van der Waals surface area contributed by atoms with Crippen molar-refractivity contribution in [1.82, 2.24) is 0 Å². The molecule has 4 rings (SSSR count). The molecule has 0 aromatic rings. The number of fused-ring (bicyclic) bond motifs is 4. The van der Waals surface area contributed by atoms with Crippen LogP contribution in [-0.4, -0.2) is 17.0 Å². The van der Waals surface area contributed by atoms with Gasteiger partial charge < -0.3 is 5.11 Å². The summed E-state index contributed by atoms with van der Waals surface area (Å²) < 4.78 is 0. The minimum atomic E-state index is -0.243. The molecule has 4 aliphatic carbocycles. The van der Waals surface area contributed by atoms with Crippen LogP contribution in [0.25, 0.3) is 0 Å². The maximum absolute atomic E-state index is 12.5. The molecule has 174 valence electrons. The van der Waals surface area contributed by atoms with Gasteiger partial charge in [0.25, 0.3) is 0 Å². The third-order valence-electron chi connectivity index (χ3n) is 11.2. The van der Waals surface area contributed by atoms with Gasteiger partial charge in [-0.05, 0) is 99.2 Å². The average Bonchev–Trinajstić information content (AvgIpc) is 3.00. The molecule has 0 aromatic carbocycles. The highest BCUT2D eigenvalue weighted by molar-refractivity contribution is 5.82. The maximum atomic E-state index is 12.5. The Bertz CT molecular complexity index is 802. The molecule has 1 N–H and O–H groups in total. The highest BCUT2D eigenvalue weighted by atomic mass is 16.3. The van der Waals surface area contributed by atoms with E-state index in [1.165, 1.54) is 44.1 Å². The number of hydrogen-bond donors (Lipinski definition) is 1. The number of aliphatic hydroxyl groups is 1. The van der Waals surface area contributed by atoms with Gasteiger partial charge in [0.15, 0.2) is 0 Å². The normalized spacial score (nSPS) is 44.3. The predicted octanol–water partition coefficient (Wildman–Crippen LogP) is 7.27. The largest absolute Gasteiger partial charge is 0.393 e. The Morgan fingerprint density at radius 2 is 1.77 bits per heavy atom. The van der Waals surface area contributed by atoms with E-state index in [1.807, 2.05) is 0 Å². The summed E-state index contributed by atoms with van der Waals surface area (Å²) in [5, 5.41) is 11.0. The fourth-order valence-electron chi connectivity index (χ4n) is 8.84. The van der Waals surface area contributed by atoms with Gasteiger partial charge in [0.2, 0.25) is 0 Å². The SMILES string of the molecule is CC(C)=CCC(O)[C@@H](C)[C@H]1CC[C@@]2(C)C3=C(CC[C@]12C)[C@@]1(C)CCC(=O)[C@@H](C)[C@@H]1CC3. The van der Waals surface area contributed by atoms with Crippen molar-refractivity contribution in [1.29, 1.82) is 0 Å². The maximum Gasteiger partial charge on any atom is 0.136 e. The smallest absolute Gasteiger partial charge is 0.136 e. The van der Waals surface area contributed by atoms with Gasteiger partial charge in [0, 0.05) is 12.3 Å². The van der Waals surface area contributed by atoms with Gasteiger partial charge in [-0.25, -0.2) is 0 Å². The van der Waals surface area contributed by atoms with E-state index < -0.39 is 0 Å². The zero-order valence-electron chi connectivity index (χ0n) is 21.2. The van der Waals surface area contributed by atoms with E-state index in [4.69, 9.17) is 0 Å². The summed E-state index contributed by atoms with van der Waals surface area (Å²) in [5.74, 6) is 2.20. The van der Waals surface area contributed by atoms with E-state index in [2.05, 4.69) is 54.5 Å². The Balaban J connectivity index is 1.65. The molecule has 0 aliphatic heterocycles. The Morgan fingerprint density at radius 3 is 2.45 bits per heavy atom. The molecular weight excluding hydrogens is 380 g/mol. The van der Waals surface area contributed by atoms with Gasteiger partial charge in [-0.2, -0.15) is 0 Å². The van der Waals surface area contributed by atoms with Gasteiger partial charge in [-0.3, -0.25) is 4.79 Å². The fraction of sp³-hybridized carbons (Fsp3) is 0.828. The third kappa shape index (κ3) is 3.33. The van der Waals surface area contributed by atoms with Crippen LogP contribution in [0, 0.1) is 39.9 Å². The molecule has 8 atom stereocenters. The quantitative estimate of drug-likeness (QED) is 0.480. The van der Waals surface area contributed by atoms with Crippen LogP contribution in [-0.2, 0) is 4.79 Å². The van der Waals surface area contributed by atoms with Crippen molar-refractivity contribution < 1.29 is 9.90 Å². The first-order valence-corrected chi connectivity index (χ1v) is 13.0. The number of ketones is 1. The lowest BCUT2D eigenvalue weighted by Gasteiger charge is -2.59. The number of aliphatic hydroxyl groups excluding tert-OH is 1. The summed E-state index contributed by atoms with van der Waals surface area (Å²) in [4.78, 5) is 12.5. The van der Waals surface area contributed by atoms with Crippen molar-refractivity contribution in [2.45, 2.75) is 112 Å². The molecule has 0 spiro atoms. The van der Waals surface area contributed by atoms with Gasteiger partial charge >= 0.3 is 0 Å². The van der Waals surface area contributed by atoms with Gasteiger partial charge in [0.1, 0.15) is 5.78 Å². The van der Waals surface area contributed by atoms with Crippen molar-refractivity contribution in [2.24, 2.45) is 39.9 Å². The molecule has 1 unspecified atom stereocenters. The van der Waals surface area contributed by atoms with E-state index in [1.54, 1.807) is 11.1 Å². The van der Waals surface area contributed by atoms with Crippen LogP contribution in [0.4, 0.5) is 0 Å². The van der Waals surface area contributed by atoms with E-state index in [0.29, 0.717) is 23.5 Å². The van der Waals surface area contributed by atoms with Crippen LogP contribution >= 0.6 is 0 Å². The molecule has 0 radical (unpaired) electrons. The number of allylic oxidation sites excluding steroid dienone is 3. The minimum Gasteiger partial charge on any atom is -0.393 e. The summed E-state index contributed by atoms with van der Waals surface area (Å²) in [5.41, 5.74) is 5.59. The summed E-state index contributed by atoms with van der Waals surface area (Å²) >= 11 is 0. The number of rotatable bonds is 4. The lowest BCUT2D eigenvalue weighted by atomic mass is 9.45. The highest BCUT2D eigenvalue weighted by Gasteiger charge is 2.62. The van der Waals surface area contributed by atoms with Crippen LogP contribution in [0.1, 0.15) is 106 Å². The van der Waals surface area contributed by atoms with E-state index in [0.717, 1.165) is 19.3 Å². The summed E-state index contributed by atoms with van der Waals surface area (Å²) in [6, 6.07) is 0. The molecule has 0 amide bonds. The third-order valence-corrected chi connectivity index (χ3v) is 11.2. The van der Waals surface area contributed by atoms with Crippen molar-refractivity contribution in [3.8, 4) is 0 Å². The Morgan fingerprint density at radius 1 is 1.06 bits per heavy atom. The topological polar surface area (TPSA) is 37.3 Å². The first-order valence-electron chi connectivity index (χ1n) is 13.0. The zero-order chi connectivity index (χ0) is 22.8. The lowest BCUT2D eigenvalue weighted by Crippen LogP contribution is -2.51. The van der Waals surface area contributed by atoms with E-state index in [9.17, 15) is 9.90 Å². The van der Waals surface area contributed by atoms with Crippen molar-refractivity contribution >= 4 is 5.78 Å². The molecule has 2 nitrogen and oxygen atoms in total. The minimum absolute atomic E-state index is 0.232. The Kier molecular flexibility index (Phi) is 5.90. The second kappa shape index (κ2) is 7.86. The standard InChI is InChI=1S/C29H46O2/c1-18(2)8-11-25(30)20(4)22-12-16-29(7)24-10-9-21-19(3)26(31)14-15-27(21,5)23(24)13-17-28(22,29)6/h8,19-22,25,30H,9-17H2,1-7H3/t19-,20-,21-,22+,25?,27-,28+,29-/m0/s1. The van der Waals surface area contributed by atoms with Crippen LogP contribution in [0.5, 0.6) is 0 Å². The second-order valence-electron chi connectivity index (χ2n) is 12.6. The zero-order valence-corrected chi connectivity index (χ0v) is 21.2. The van der Waals surface area contributed by atoms with Crippen molar-refractivity contribution in [2.75, 3.05) is 0 Å². The molecule has 0 saturated heterocycles. The molecule has 2 saturated carbocycles. The van der Waals surface area contributed by atoms with Gasteiger partial charge in [0.05, 0.1) is 6.10 Å². The monoisotopic (exact) mass is 426 g/mol. The number of Topliss-reactive ketones (excluding diaryl/α,β-unsaturated/α-hetero) is 1. The van der Waals surface area contributed by atoms with E-state index in [-0.39, 0.29) is 28.3 Å². The first-order chi connectivity index (χ1) is 14.5. The Hall–Kier alpha value is -0.890. The highest BCUT2D eigenvalue weighted by Crippen LogP contribution is 2.71.